The molecule has 128 valence electrons. The zero-order chi connectivity index (χ0) is 18.2. The molecule has 1 aliphatic heterocycles. The third-order valence-electron chi connectivity index (χ3n) is 4.16. The van der Waals surface area contributed by atoms with Gasteiger partial charge in [0, 0.05) is 27.7 Å². The van der Waals surface area contributed by atoms with Crippen molar-refractivity contribution in [2.75, 3.05) is 0 Å². The molecule has 0 radical (unpaired) electrons. The molecule has 4 nitrogen and oxygen atoms in total. The SMILES string of the molecule is CC(C)(C)C1=CC(=O)NC2=CC(=NC(=O)c3cccc(Br)c3)C=CC21. The van der Waals surface area contributed by atoms with Crippen LogP contribution in [-0.2, 0) is 4.79 Å². The first-order valence-electron chi connectivity index (χ1n) is 8.05. The van der Waals surface area contributed by atoms with Crippen LogP contribution in [0, 0.1) is 11.3 Å². The Morgan fingerprint density at radius 1 is 1.24 bits per heavy atom. The summed E-state index contributed by atoms with van der Waals surface area (Å²) in [5, 5.41) is 2.87. The molecule has 25 heavy (non-hydrogen) atoms. The molecule has 0 aromatic heterocycles. The molecule has 0 fully saturated rings. The molecule has 1 unspecified atom stereocenters. The Kier molecular flexibility index (Phi) is 4.60. The maximum Gasteiger partial charge on any atom is 0.277 e. The monoisotopic (exact) mass is 398 g/mol. The average Bonchev–Trinajstić information content (AvgIpc) is 2.52. The Labute approximate surface area is 155 Å². The molecule has 1 heterocycles. The van der Waals surface area contributed by atoms with Crippen LogP contribution >= 0.6 is 15.9 Å². The maximum atomic E-state index is 12.3. The first-order chi connectivity index (χ1) is 11.7. The minimum absolute atomic E-state index is 0.0117. The van der Waals surface area contributed by atoms with Crippen molar-refractivity contribution in [1.29, 1.82) is 0 Å². The highest BCUT2D eigenvalue weighted by atomic mass is 79.9. The summed E-state index contributed by atoms with van der Waals surface area (Å²) in [6, 6.07) is 7.11. The number of hydrogen-bond donors (Lipinski definition) is 1. The number of carbonyl (C=O) groups excluding carboxylic acids is 2. The van der Waals surface area contributed by atoms with E-state index in [0.717, 1.165) is 15.7 Å². The van der Waals surface area contributed by atoms with Crippen LogP contribution in [0.25, 0.3) is 0 Å². The van der Waals surface area contributed by atoms with E-state index in [2.05, 4.69) is 47.0 Å². The van der Waals surface area contributed by atoms with Gasteiger partial charge < -0.3 is 5.32 Å². The normalized spacial score (nSPS) is 21.4. The largest absolute Gasteiger partial charge is 0.325 e. The van der Waals surface area contributed by atoms with Crippen molar-refractivity contribution in [3.05, 3.63) is 69.9 Å². The van der Waals surface area contributed by atoms with E-state index >= 15 is 0 Å². The Hall–Kier alpha value is -2.27. The van der Waals surface area contributed by atoms with Crippen LogP contribution in [0.4, 0.5) is 0 Å². The number of fused-ring (bicyclic) bond motifs is 1. The standard InChI is InChI=1S/C20H19BrN2O2/c1-20(2,3)16-11-18(24)23-17-10-14(7-8-15(16)17)22-19(25)12-5-4-6-13(21)9-12/h4-11,15H,1-3H3,(H,23,24). The lowest BCUT2D eigenvalue weighted by Crippen LogP contribution is -2.36. The molecule has 1 aromatic carbocycles. The van der Waals surface area contributed by atoms with Gasteiger partial charge >= 0.3 is 0 Å². The van der Waals surface area contributed by atoms with Gasteiger partial charge in [0.15, 0.2) is 0 Å². The topological polar surface area (TPSA) is 58.5 Å². The Morgan fingerprint density at radius 3 is 2.68 bits per heavy atom. The summed E-state index contributed by atoms with van der Waals surface area (Å²) in [7, 11) is 0. The lowest BCUT2D eigenvalue weighted by molar-refractivity contribution is -0.116. The van der Waals surface area contributed by atoms with E-state index in [1.165, 1.54) is 0 Å². The highest BCUT2D eigenvalue weighted by Gasteiger charge is 2.32. The fourth-order valence-corrected chi connectivity index (χ4v) is 3.35. The fourth-order valence-electron chi connectivity index (χ4n) is 2.95. The molecule has 2 aliphatic rings. The van der Waals surface area contributed by atoms with Crippen LogP contribution in [0.2, 0.25) is 0 Å². The van der Waals surface area contributed by atoms with Crippen LogP contribution in [0.3, 0.4) is 0 Å². The summed E-state index contributed by atoms with van der Waals surface area (Å²) in [4.78, 5) is 28.5. The van der Waals surface area contributed by atoms with Crippen LogP contribution in [0.5, 0.6) is 0 Å². The molecule has 1 aromatic rings. The number of aliphatic imine (C=N–C) groups is 1. The van der Waals surface area contributed by atoms with Crippen molar-refractivity contribution in [3.63, 3.8) is 0 Å². The molecule has 1 N–H and O–H groups in total. The van der Waals surface area contributed by atoms with Crippen LogP contribution in [-0.4, -0.2) is 17.5 Å². The summed E-state index contributed by atoms with van der Waals surface area (Å²) in [6.07, 6.45) is 7.26. The predicted octanol–water partition coefficient (Wildman–Crippen LogP) is 4.20. The lowest BCUT2D eigenvalue weighted by atomic mass is 9.74. The van der Waals surface area contributed by atoms with Crippen molar-refractivity contribution >= 4 is 33.5 Å². The van der Waals surface area contributed by atoms with E-state index in [4.69, 9.17) is 0 Å². The second-order valence-electron chi connectivity index (χ2n) is 7.13. The van der Waals surface area contributed by atoms with E-state index in [1.807, 2.05) is 18.2 Å². The lowest BCUT2D eigenvalue weighted by Gasteiger charge is -2.34. The third-order valence-corrected chi connectivity index (χ3v) is 4.65. The van der Waals surface area contributed by atoms with Gasteiger partial charge in [0.25, 0.3) is 5.91 Å². The minimum Gasteiger partial charge on any atom is -0.325 e. The average molecular weight is 399 g/mol. The number of allylic oxidation sites excluding steroid dienone is 3. The number of amides is 2. The van der Waals surface area contributed by atoms with Gasteiger partial charge in [-0.15, -0.1) is 0 Å². The Morgan fingerprint density at radius 2 is 2.00 bits per heavy atom. The third kappa shape index (κ3) is 3.87. The summed E-state index contributed by atoms with van der Waals surface area (Å²) in [5.41, 5.74) is 2.74. The van der Waals surface area contributed by atoms with Crippen molar-refractivity contribution in [2.24, 2.45) is 16.3 Å². The Balaban J connectivity index is 1.90. The molecule has 0 saturated carbocycles. The van der Waals surface area contributed by atoms with E-state index in [9.17, 15) is 9.59 Å². The van der Waals surface area contributed by atoms with E-state index in [-0.39, 0.29) is 23.1 Å². The second-order valence-corrected chi connectivity index (χ2v) is 8.04. The number of hydrogen-bond acceptors (Lipinski definition) is 2. The van der Waals surface area contributed by atoms with E-state index < -0.39 is 0 Å². The predicted molar refractivity (Wildman–Crippen MR) is 102 cm³/mol. The molecule has 1 aliphatic carbocycles. The highest BCUT2D eigenvalue weighted by molar-refractivity contribution is 9.10. The van der Waals surface area contributed by atoms with Gasteiger partial charge in [0.1, 0.15) is 0 Å². The van der Waals surface area contributed by atoms with Crippen molar-refractivity contribution in [3.8, 4) is 0 Å². The smallest absolute Gasteiger partial charge is 0.277 e. The van der Waals surface area contributed by atoms with Gasteiger partial charge in [-0.25, -0.2) is 4.99 Å². The molecular formula is C20H19BrN2O2. The second kappa shape index (κ2) is 6.56. The number of carbonyl (C=O) groups is 2. The summed E-state index contributed by atoms with van der Waals surface area (Å²) in [5.74, 6) is -0.442. The molecule has 0 spiro atoms. The molecular weight excluding hydrogens is 380 g/mol. The van der Waals surface area contributed by atoms with E-state index in [0.29, 0.717) is 11.3 Å². The number of benzene rings is 1. The summed E-state index contributed by atoms with van der Waals surface area (Å²) in [6.45, 7) is 6.26. The Bertz CT molecular complexity index is 870. The van der Waals surface area contributed by atoms with Crippen molar-refractivity contribution in [1.82, 2.24) is 5.32 Å². The quantitative estimate of drug-likeness (QED) is 0.770. The van der Waals surface area contributed by atoms with Crippen molar-refractivity contribution < 1.29 is 9.59 Å². The van der Waals surface area contributed by atoms with Crippen molar-refractivity contribution in [2.45, 2.75) is 20.8 Å². The first kappa shape index (κ1) is 17.5. The molecule has 0 bridgehead atoms. The zero-order valence-electron chi connectivity index (χ0n) is 14.3. The van der Waals surface area contributed by atoms with Gasteiger partial charge in [0.05, 0.1) is 5.71 Å². The molecule has 2 amide bonds. The fraction of sp³-hybridized carbons (Fsp3) is 0.250. The van der Waals surface area contributed by atoms with Gasteiger partial charge in [-0.3, -0.25) is 9.59 Å². The van der Waals surface area contributed by atoms with Gasteiger partial charge in [-0.05, 0) is 41.3 Å². The number of nitrogens with zero attached hydrogens (tertiary/aromatic N) is 1. The minimum atomic E-state index is -0.315. The molecule has 1 atom stereocenters. The molecule has 0 saturated heterocycles. The van der Waals surface area contributed by atoms with Gasteiger partial charge in [-0.1, -0.05) is 48.8 Å². The highest BCUT2D eigenvalue weighted by Crippen LogP contribution is 2.38. The van der Waals surface area contributed by atoms with Gasteiger partial charge in [0.2, 0.25) is 5.91 Å². The first-order valence-corrected chi connectivity index (χ1v) is 8.85. The molecule has 5 heteroatoms. The maximum absolute atomic E-state index is 12.3. The van der Waals surface area contributed by atoms with Crippen LogP contribution < -0.4 is 5.32 Å². The zero-order valence-corrected chi connectivity index (χ0v) is 15.9. The van der Waals surface area contributed by atoms with Gasteiger partial charge in [-0.2, -0.15) is 0 Å². The van der Waals surface area contributed by atoms with Crippen LogP contribution in [0.15, 0.2) is 69.3 Å². The number of rotatable bonds is 1. The summed E-state index contributed by atoms with van der Waals surface area (Å²) < 4.78 is 0.829. The molecule has 3 rings (SSSR count). The summed E-state index contributed by atoms with van der Waals surface area (Å²) >= 11 is 3.35. The number of nitrogens with one attached hydrogen (secondary N) is 1. The number of halogens is 1. The van der Waals surface area contributed by atoms with E-state index in [1.54, 1.807) is 30.4 Å². The van der Waals surface area contributed by atoms with Crippen LogP contribution in [0.1, 0.15) is 31.1 Å².